The van der Waals surface area contributed by atoms with Crippen LogP contribution in [0.15, 0.2) is 53.9 Å². The summed E-state index contributed by atoms with van der Waals surface area (Å²) in [4.78, 5) is 63.2. The van der Waals surface area contributed by atoms with E-state index in [4.69, 9.17) is 4.74 Å². The molecule has 302 valence electrons. The number of thiazole rings is 1. The lowest BCUT2D eigenvalue weighted by atomic mass is 10.1. The monoisotopic (exact) mass is 826 g/mol. The average Bonchev–Trinajstić information content (AvgIpc) is 3.97. The molecule has 0 unspecified atom stereocenters. The van der Waals surface area contributed by atoms with Gasteiger partial charge in [0, 0.05) is 41.5 Å². The van der Waals surface area contributed by atoms with E-state index in [-0.39, 0.29) is 48.9 Å². The Morgan fingerprint density at radius 1 is 1.02 bits per heavy atom. The summed E-state index contributed by atoms with van der Waals surface area (Å²) in [6.07, 6.45) is 5.97. The van der Waals surface area contributed by atoms with Gasteiger partial charge in [0.2, 0.25) is 21.8 Å². The number of fused-ring (bicyclic) bond motifs is 3. The number of halogens is 3. The van der Waals surface area contributed by atoms with Crippen molar-refractivity contribution in [1.82, 2.24) is 24.8 Å². The molecule has 5 atom stereocenters. The number of rotatable bonds is 7. The third kappa shape index (κ3) is 8.10. The van der Waals surface area contributed by atoms with Crippen LogP contribution in [-0.2, 0) is 42.2 Å². The minimum atomic E-state index is -3.94. The Balaban J connectivity index is 1.06. The molecule has 3 aromatic rings. The Morgan fingerprint density at radius 3 is 2.61 bits per heavy atom. The van der Waals surface area contributed by atoms with E-state index in [2.05, 4.69) is 20.3 Å². The van der Waals surface area contributed by atoms with E-state index in [1.54, 1.807) is 17.5 Å². The van der Waals surface area contributed by atoms with Gasteiger partial charge in [-0.05, 0) is 62.3 Å². The van der Waals surface area contributed by atoms with Gasteiger partial charge in [0.15, 0.2) is 5.13 Å². The Hall–Kier alpha value is -4.97. The first kappa shape index (κ1) is 38.9. The van der Waals surface area contributed by atoms with Crippen molar-refractivity contribution in [3.05, 3.63) is 82.5 Å². The predicted octanol–water partition coefficient (Wildman–Crippen LogP) is 5.13. The second-order valence-corrected chi connectivity index (χ2v) is 18.2. The van der Waals surface area contributed by atoms with Crippen LogP contribution in [0, 0.1) is 23.4 Å². The van der Waals surface area contributed by atoms with Crippen molar-refractivity contribution >= 4 is 50.3 Å². The third-order valence-corrected chi connectivity index (χ3v) is 13.9. The van der Waals surface area contributed by atoms with Gasteiger partial charge < -0.3 is 20.3 Å². The van der Waals surface area contributed by atoms with Crippen molar-refractivity contribution in [2.24, 2.45) is 5.92 Å². The normalized spacial score (nSPS) is 26.9. The lowest BCUT2D eigenvalue weighted by Gasteiger charge is -2.29. The second kappa shape index (κ2) is 15.4. The summed E-state index contributed by atoms with van der Waals surface area (Å²) in [5.41, 5.74) is -0.243. The standard InChI is InChI=1S/C39H41F3N6O7S2/c40-24-11-14-27(30(42)15-24)32-21-56-37(44-32)43-31-10-5-3-1-2-4-8-23-17-39(23,36(51)46-57(53,54)26-12-13-26)45-34(49)33-16-25(19-48(33)35(31)50)55-38(52)47-18-22-7-6-9-29(41)28(22)20-47/h4,6-9,11,14-15,21,23,25-26,31,33H,1-3,5,10,12-13,16-20H2,(H,43,44)(H,45,49)(H,46,51)/b8-4-/t23-,25+,31-,33-,39+/m0/s1. The van der Waals surface area contributed by atoms with Crippen LogP contribution in [-0.4, -0.2) is 82.5 Å². The first-order valence-electron chi connectivity index (χ1n) is 19.1. The maximum absolute atomic E-state index is 14.6. The Bertz CT molecular complexity index is 2250. The highest BCUT2D eigenvalue weighted by Gasteiger charge is 2.62. The maximum Gasteiger partial charge on any atom is 0.410 e. The highest BCUT2D eigenvalue weighted by Crippen LogP contribution is 2.46. The number of hydrogen-bond donors (Lipinski definition) is 3. The first-order valence-corrected chi connectivity index (χ1v) is 21.5. The molecule has 3 N–H and O–H groups in total. The van der Waals surface area contributed by atoms with Crippen molar-refractivity contribution < 1.29 is 45.5 Å². The largest absolute Gasteiger partial charge is 0.444 e. The van der Waals surface area contributed by atoms with Gasteiger partial charge in [-0.2, -0.15) is 0 Å². The zero-order chi connectivity index (χ0) is 40.1. The number of nitrogens with one attached hydrogen (secondary N) is 3. The van der Waals surface area contributed by atoms with Crippen LogP contribution in [0.5, 0.6) is 0 Å². The minimum Gasteiger partial charge on any atom is -0.444 e. The molecule has 4 amide bonds. The van der Waals surface area contributed by atoms with Crippen molar-refractivity contribution in [3.8, 4) is 11.3 Å². The molecule has 57 heavy (non-hydrogen) atoms. The summed E-state index contributed by atoms with van der Waals surface area (Å²) in [7, 11) is -3.94. The summed E-state index contributed by atoms with van der Waals surface area (Å²) in [5, 5.41) is 7.16. The lowest BCUT2D eigenvalue weighted by molar-refractivity contribution is -0.140. The van der Waals surface area contributed by atoms with Gasteiger partial charge in [-0.25, -0.2) is 31.4 Å². The average molecular weight is 827 g/mol. The number of carbonyl (C=O) groups is 4. The minimum absolute atomic E-state index is 0.0138. The van der Waals surface area contributed by atoms with E-state index in [1.807, 2.05) is 12.2 Å². The smallest absolute Gasteiger partial charge is 0.410 e. The zero-order valence-electron chi connectivity index (χ0n) is 30.7. The van der Waals surface area contributed by atoms with Gasteiger partial charge in [-0.1, -0.05) is 37.1 Å². The van der Waals surface area contributed by atoms with E-state index in [0.717, 1.165) is 36.3 Å². The van der Waals surface area contributed by atoms with Crippen LogP contribution in [0.3, 0.4) is 0 Å². The SMILES string of the molecule is O=C1N[C@]2(C(=O)NS(=O)(=O)C3CC3)C[C@@H]2/C=C\CCCCC[C@H](Nc2nc(-c3ccc(F)cc3F)cs2)C(=O)N2C[C@H](OC(=O)N3Cc4cccc(F)c4C3)C[C@@H]12. The number of ether oxygens (including phenoxy) is 1. The van der Waals surface area contributed by atoms with Crippen molar-refractivity contribution in [2.45, 2.75) is 99.9 Å². The fourth-order valence-corrected chi connectivity index (χ4v) is 10.0. The molecule has 2 saturated carbocycles. The van der Waals surface area contributed by atoms with Gasteiger partial charge in [0.1, 0.15) is 41.2 Å². The van der Waals surface area contributed by atoms with Crippen molar-refractivity contribution in [1.29, 1.82) is 0 Å². The quantitative estimate of drug-likeness (QED) is 0.274. The summed E-state index contributed by atoms with van der Waals surface area (Å²) >= 11 is 1.12. The van der Waals surface area contributed by atoms with E-state index >= 15 is 0 Å². The number of allylic oxidation sites excluding steroid dienone is 1. The topological polar surface area (TPSA) is 167 Å². The van der Waals surface area contributed by atoms with Crippen LogP contribution in [0.25, 0.3) is 11.3 Å². The predicted molar refractivity (Wildman–Crippen MR) is 202 cm³/mol. The van der Waals surface area contributed by atoms with E-state index in [0.29, 0.717) is 43.2 Å². The van der Waals surface area contributed by atoms with Gasteiger partial charge in [-0.15, -0.1) is 11.3 Å². The van der Waals surface area contributed by atoms with Gasteiger partial charge in [-0.3, -0.25) is 24.0 Å². The van der Waals surface area contributed by atoms with Crippen molar-refractivity contribution in [2.75, 3.05) is 11.9 Å². The van der Waals surface area contributed by atoms with E-state index in [9.17, 15) is 40.8 Å². The molecule has 8 rings (SSSR count). The van der Waals surface area contributed by atoms with Crippen LogP contribution in [0.1, 0.15) is 68.9 Å². The molecule has 1 aromatic heterocycles. The zero-order valence-corrected chi connectivity index (χ0v) is 32.4. The molecule has 5 aliphatic rings. The second-order valence-electron chi connectivity index (χ2n) is 15.4. The summed E-state index contributed by atoms with van der Waals surface area (Å²) < 4.78 is 76.4. The fraction of sp³-hybridized carbons (Fsp3) is 0.462. The Morgan fingerprint density at radius 2 is 1.84 bits per heavy atom. The Labute approximate surface area is 331 Å². The molecule has 1 saturated heterocycles. The molecule has 4 heterocycles. The molecular formula is C39H41F3N6O7S2. The fourth-order valence-electron chi connectivity index (χ4n) is 7.88. The number of sulfonamides is 1. The highest BCUT2D eigenvalue weighted by atomic mass is 32.2. The molecule has 13 nitrogen and oxygen atoms in total. The van der Waals surface area contributed by atoms with Gasteiger partial charge in [0.05, 0.1) is 24.0 Å². The number of aromatic nitrogens is 1. The molecule has 2 aliphatic carbocycles. The molecule has 0 radical (unpaired) electrons. The van der Waals surface area contributed by atoms with Gasteiger partial charge >= 0.3 is 6.09 Å². The first-order chi connectivity index (χ1) is 27.3. The number of benzene rings is 2. The van der Waals surface area contributed by atoms with Gasteiger partial charge in [0.25, 0.3) is 5.91 Å². The van der Waals surface area contributed by atoms with E-state index < -0.39 is 86.2 Å². The summed E-state index contributed by atoms with van der Waals surface area (Å²) in [5.74, 6) is -4.54. The molecule has 3 fully saturated rings. The summed E-state index contributed by atoms with van der Waals surface area (Å²) in [6, 6.07) is 5.58. The van der Waals surface area contributed by atoms with Crippen LogP contribution < -0.4 is 15.4 Å². The van der Waals surface area contributed by atoms with E-state index in [1.165, 1.54) is 21.9 Å². The number of carbonyl (C=O) groups excluding carboxylic acids is 4. The molecule has 18 heteroatoms. The highest BCUT2D eigenvalue weighted by molar-refractivity contribution is 7.91. The molecular weight excluding hydrogens is 786 g/mol. The van der Waals surface area contributed by atoms with Crippen LogP contribution >= 0.6 is 11.3 Å². The molecule has 2 aromatic carbocycles. The van der Waals surface area contributed by atoms with Crippen LogP contribution in [0.4, 0.5) is 23.1 Å². The van der Waals surface area contributed by atoms with Crippen molar-refractivity contribution in [3.63, 3.8) is 0 Å². The molecule has 0 bridgehead atoms. The number of amides is 4. The summed E-state index contributed by atoms with van der Waals surface area (Å²) in [6.45, 7) is -0.0797. The van der Waals surface area contributed by atoms with Crippen LogP contribution in [0.2, 0.25) is 0 Å². The number of anilines is 1. The number of hydrogen-bond acceptors (Lipinski definition) is 10. The maximum atomic E-state index is 14.6. The Kier molecular flexibility index (Phi) is 10.5. The lowest BCUT2D eigenvalue weighted by Crippen LogP contribution is -2.57. The molecule has 3 aliphatic heterocycles. The molecule has 0 spiro atoms. The third-order valence-electron chi connectivity index (χ3n) is 11.3. The number of nitrogens with zero attached hydrogens (tertiary/aromatic N) is 3.